The largest absolute Gasteiger partial charge is 0.465 e. The van der Waals surface area contributed by atoms with E-state index in [2.05, 4.69) is 32.9 Å². The molecule has 0 aliphatic rings. The van der Waals surface area contributed by atoms with Gasteiger partial charge in [-0.1, -0.05) is 143 Å². The maximum absolute atomic E-state index is 11.5. The molecule has 234 valence electrons. The van der Waals surface area contributed by atoms with Crippen LogP contribution in [-0.2, 0) is 14.3 Å². The topological polar surface area (TPSA) is 44.8 Å². The van der Waals surface area contributed by atoms with E-state index in [0.717, 1.165) is 25.0 Å². The number of carbonyl (C=O) groups is 1. The van der Waals surface area contributed by atoms with Crippen LogP contribution >= 0.6 is 0 Å². The van der Waals surface area contributed by atoms with E-state index < -0.39 is 0 Å². The number of methoxy groups -OCH3 is 1. The van der Waals surface area contributed by atoms with E-state index in [0.29, 0.717) is 12.5 Å². The maximum atomic E-state index is 11.5. The van der Waals surface area contributed by atoms with Gasteiger partial charge in [0.2, 0.25) is 0 Å². The summed E-state index contributed by atoms with van der Waals surface area (Å²) in [5, 5.41) is 0. The summed E-state index contributed by atoms with van der Waals surface area (Å²) in [7, 11) is 1.64. The van der Waals surface area contributed by atoms with Crippen molar-refractivity contribution in [1.82, 2.24) is 0 Å². The number of benzene rings is 1. The van der Waals surface area contributed by atoms with Gasteiger partial charge in [0, 0.05) is 7.11 Å². The van der Waals surface area contributed by atoms with Crippen molar-refractivity contribution in [1.29, 1.82) is 0 Å². The minimum Gasteiger partial charge on any atom is -0.465 e. The van der Waals surface area contributed by atoms with Gasteiger partial charge in [-0.3, -0.25) is 4.79 Å². The Morgan fingerprint density at radius 3 is 1.50 bits per heavy atom. The van der Waals surface area contributed by atoms with Crippen molar-refractivity contribution in [3.63, 3.8) is 0 Å². The van der Waals surface area contributed by atoms with E-state index in [9.17, 15) is 4.79 Å². The number of carbonyl (C=O) groups excluding carboxylic acids is 1. The number of hydrogen-bond donors (Lipinski definition) is 0. The van der Waals surface area contributed by atoms with Crippen molar-refractivity contribution in [2.45, 2.75) is 169 Å². The van der Waals surface area contributed by atoms with Gasteiger partial charge >= 0.3 is 5.97 Å². The Morgan fingerprint density at radius 2 is 1.10 bits per heavy atom. The second-order valence-electron chi connectivity index (χ2n) is 11.6. The first-order chi connectivity index (χ1) is 19.4. The summed E-state index contributed by atoms with van der Waals surface area (Å²) in [6.45, 7) is 13.2. The molecule has 4 nitrogen and oxygen atoms in total. The lowest BCUT2D eigenvalue weighted by molar-refractivity contribution is -0.148. The molecule has 1 aromatic carbocycles. The molecule has 4 heteroatoms. The number of ether oxygens (including phenoxy) is 3. The standard InChI is InChI=1S/C23H46O2.C13H20O2/c1-4-6-7-8-9-10-11-12-13-14-15-16-17-18-19-20-21-25-23(24)22(3)5-2;1-5-10(2)12-6-8-13(9-7-12)15-11(3)14-4/h22H,4-21H2,1-3H3;6-11H,5H2,1-4H3. The lowest BCUT2D eigenvalue weighted by atomic mass is 9.99. The summed E-state index contributed by atoms with van der Waals surface area (Å²) in [6.07, 6.45) is 23.8. The van der Waals surface area contributed by atoms with Crippen LogP contribution in [-0.4, -0.2) is 26.0 Å². The molecule has 0 bridgehead atoms. The highest BCUT2D eigenvalue weighted by Gasteiger charge is 2.11. The molecule has 0 radical (unpaired) electrons. The molecule has 40 heavy (non-hydrogen) atoms. The second-order valence-corrected chi connectivity index (χ2v) is 11.6. The maximum Gasteiger partial charge on any atom is 0.308 e. The Labute approximate surface area is 249 Å². The molecule has 0 aliphatic heterocycles. The average molecular weight is 563 g/mol. The Hall–Kier alpha value is -1.55. The molecule has 0 aromatic heterocycles. The van der Waals surface area contributed by atoms with Gasteiger partial charge in [0.15, 0.2) is 6.29 Å². The zero-order valence-corrected chi connectivity index (χ0v) is 27.6. The van der Waals surface area contributed by atoms with Gasteiger partial charge in [0.05, 0.1) is 12.5 Å². The molecule has 0 aliphatic carbocycles. The molecule has 0 amide bonds. The lowest BCUT2D eigenvalue weighted by Gasteiger charge is -2.14. The molecule has 3 atom stereocenters. The second kappa shape index (κ2) is 27.6. The predicted octanol–water partition coefficient (Wildman–Crippen LogP) is 11.4. The first kappa shape index (κ1) is 38.5. The fourth-order valence-electron chi connectivity index (χ4n) is 4.48. The van der Waals surface area contributed by atoms with Gasteiger partial charge in [0.1, 0.15) is 5.75 Å². The highest BCUT2D eigenvalue weighted by Crippen LogP contribution is 2.22. The molecular weight excluding hydrogens is 496 g/mol. The fourth-order valence-corrected chi connectivity index (χ4v) is 4.48. The zero-order chi connectivity index (χ0) is 29.8. The van der Waals surface area contributed by atoms with Gasteiger partial charge in [0.25, 0.3) is 0 Å². The first-order valence-electron chi connectivity index (χ1n) is 16.8. The van der Waals surface area contributed by atoms with Crippen LogP contribution in [0.1, 0.15) is 169 Å². The summed E-state index contributed by atoms with van der Waals surface area (Å²) < 4.78 is 15.8. The quantitative estimate of drug-likeness (QED) is 0.0714. The Kier molecular flexibility index (Phi) is 26.5. The highest BCUT2D eigenvalue weighted by atomic mass is 16.7. The van der Waals surface area contributed by atoms with Crippen molar-refractivity contribution in [3.8, 4) is 5.75 Å². The van der Waals surface area contributed by atoms with E-state index >= 15 is 0 Å². The molecule has 1 rings (SSSR count). The summed E-state index contributed by atoms with van der Waals surface area (Å²) in [4.78, 5) is 11.5. The van der Waals surface area contributed by atoms with Crippen LogP contribution < -0.4 is 4.74 Å². The van der Waals surface area contributed by atoms with Crippen LogP contribution in [0, 0.1) is 5.92 Å². The Balaban J connectivity index is 0.000000858. The van der Waals surface area contributed by atoms with Gasteiger partial charge < -0.3 is 14.2 Å². The van der Waals surface area contributed by atoms with Gasteiger partial charge in [-0.2, -0.15) is 0 Å². The third-order valence-corrected chi connectivity index (χ3v) is 7.95. The number of hydrogen-bond acceptors (Lipinski definition) is 4. The van der Waals surface area contributed by atoms with E-state index in [1.807, 2.05) is 32.9 Å². The molecule has 0 saturated carbocycles. The molecule has 0 heterocycles. The summed E-state index contributed by atoms with van der Waals surface area (Å²) >= 11 is 0. The van der Waals surface area contributed by atoms with Crippen LogP contribution in [0.5, 0.6) is 5.75 Å². The van der Waals surface area contributed by atoms with Crippen LogP contribution in [0.4, 0.5) is 0 Å². The molecule has 1 aromatic rings. The highest BCUT2D eigenvalue weighted by molar-refractivity contribution is 5.71. The SMILES string of the molecule is CCC(C)c1ccc(OC(C)OC)cc1.CCCCCCCCCCCCCCCCCCOC(=O)C(C)CC. The summed E-state index contributed by atoms with van der Waals surface area (Å²) in [5.41, 5.74) is 1.36. The monoisotopic (exact) mass is 562 g/mol. The van der Waals surface area contributed by atoms with E-state index in [1.165, 1.54) is 102 Å². The molecule has 3 unspecified atom stereocenters. The van der Waals surface area contributed by atoms with Crippen molar-refractivity contribution in [2.24, 2.45) is 5.92 Å². The minimum atomic E-state index is -0.195. The normalized spacial score (nSPS) is 13.2. The van der Waals surface area contributed by atoms with Crippen molar-refractivity contribution >= 4 is 5.97 Å². The van der Waals surface area contributed by atoms with E-state index in [4.69, 9.17) is 14.2 Å². The average Bonchev–Trinajstić information content (AvgIpc) is 2.98. The predicted molar refractivity (Wildman–Crippen MR) is 172 cm³/mol. The van der Waals surface area contributed by atoms with Crippen LogP contribution in [0.3, 0.4) is 0 Å². The van der Waals surface area contributed by atoms with Crippen molar-refractivity contribution in [2.75, 3.05) is 13.7 Å². The molecule has 0 saturated heterocycles. The minimum absolute atomic E-state index is 0.0246. The summed E-state index contributed by atoms with van der Waals surface area (Å²) in [6, 6.07) is 8.23. The van der Waals surface area contributed by atoms with Crippen molar-refractivity contribution in [3.05, 3.63) is 29.8 Å². The first-order valence-corrected chi connectivity index (χ1v) is 16.8. The number of unbranched alkanes of at least 4 members (excludes halogenated alkanes) is 15. The Bertz CT molecular complexity index is 672. The van der Waals surface area contributed by atoms with E-state index in [-0.39, 0.29) is 18.2 Å². The third kappa shape index (κ3) is 22.2. The van der Waals surface area contributed by atoms with Gasteiger partial charge in [-0.25, -0.2) is 0 Å². The van der Waals surface area contributed by atoms with Gasteiger partial charge in [-0.05, 0) is 49.8 Å². The third-order valence-electron chi connectivity index (χ3n) is 7.95. The smallest absolute Gasteiger partial charge is 0.308 e. The van der Waals surface area contributed by atoms with E-state index in [1.54, 1.807) is 7.11 Å². The zero-order valence-electron chi connectivity index (χ0n) is 27.6. The molecule has 0 spiro atoms. The lowest BCUT2D eigenvalue weighted by Crippen LogP contribution is -2.14. The number of rotatable bonds is 24. The molecular formula is C36H66O4. The Morgan fingerprint density at radius 1 is 0.650 bits per heavy atom. The molecule has 0 N–H and O–H groups in total. The van der Waals surface area contributed by atoms with Crippen LogP contribution in [0.15, 0.2) is 24.3 Å². The summed E-state index contributed by atoms with van der Waals surface area (Å²) in [5.74, 6) is 1.50. The van der Waals surface area contributed by atoms with Crippen LogP contribution in [0.2, 0.25) is 0 Å². The van der Waals surface area contributed by atoms with Crippen LogP contribution in [0.25, 0.3) is 0 Å². The number of esters is 1. The van der Waals surface area contributed by atoms with Gasteiger partial charge in [-0.15, -0.1) is 0 Å². The fraction of sp³-hybridized carbons (Fsp3) is 0.806. The van der Waals surface area contributed by atoms with Crippen molar-refractivity contribution < 1.29 is 19.0 Å². The molecule has 0 fully saturated rings.